The average molecular weight is 390 g/mol. The number of benzene rings is 2. The van der Waals surface area contributed by atoms with Crippen LogP contribution in [-0.4, -0.2) is 5.97 Å². The Bertz CT molecular complexity index is 871. The molecule has 0 N–H and O–H groups in total. The lowest BCUT2D eigenvalue weighted by atomic mass is 9.69. The summed E-state index contributed by atoms with van der Waals surface area (Å²) >= 11 is 0. The molecule has 0 amide bonds. The second kappa shape index (κ2) is 9.74. The molecule has 0 aliphatic heterocycles. The van der Waals surface area contributed by atoms with Crippen LogP contribution < -0.4 is 4.74 Å². The Morgan fingerprint density at radius 3 is 2.34 bits per heavy atom. The molecule has 3 rings (SSSR count). The molecule has 152 valence electrons. The third-order valence-corrected chi connectivity index (χ3v) is 6.20. The third-order valence-electron chi connectivity index (χ3n) is 6.20. The molecule has 0 spiro atoms. The van der Waals surface area contributed by atoms with Gasteiger partial charge in [-0.05, 0) is 60.9 Å². The van der Waals surface area contributed by atoms with Crippen LogP contribution in [0.15, 0.2) is 42.5 Å². The lowest BCUT2D eigenvalue weighted by Crippen LogP contribution is -2.41. The zero-order chi connectivity index (χ0) is 20.7. The monoisotopic (exact) mass is 389 g/mol. The van der Waals surface area contributed by atoms with Gasteiger partial charge in [0.15, 0.2) is 0 Å². The molecule has 1 aliphatic rings. The van der Waals surface area contributed by atoms with Crippen LogP contribution in [0, 0.1) is 11.3 Å². The van der Waals surface area contributed by atoms with Crippen LogP contribution in [0.5, 0.6) is 5.75 Å². The molecule has 0 heterocycles. The topological polar surface area (TPSA) is 50.1 Å². The van der Waals surface area contributed by atoms with E-state index in [1.807, 2.05) is 12.1 Å². The van der Waals surface area contributed by atoms with Crippen molar-refractivity contribution in [1.29, 1.82) is 5.26 Å². The van der Waals surface area contributed by atoms with Gasteiger partial charge in [-0.1, -0.05) is 69.9 Å². The normalized spacial score (nSPS) is 15.5. The number of ether oxygens (including phenoxy) is 1. The van der Waals surface area contributed by atoms with E-state index in [-0.39, 0.29) is 5.97 Å². The number of rotatable bonds is 7. The molecule has 0 aromatic heterocycles. The van der Waals surface area contributed by atoms with E-state index in [1.165, 1.54) is 5.56 Å². The van der Waals surface area contributed by atoms with Crippen molar-refractivity contribution >= 4 is 5.97 Å². The highest BCUT2D eigenvalue weighted by atomic mass is 16.5. The van der Waals surface area contributed by atoms with Crippen LogP contribution in [-0.2, 0) is 23.1 Å². The van der Waals surface area contributed by atoms with Crippen LogP contribution in [0.3, 0.4) is 0 Å². The summed E-state index contributed by atoms with van der Waals surface area (Å²) < 4.78 is 5.89. The number of esters is 1. The first-order chi connectivity index (χ1) is 14.1. The first-order valence-electron chi connectivity index (χ1n) is 11.0. The molecule has 3 nitrogen and oxygen atoms in total. The smallest absolute Gasteiger partial charge is 0.321 e. The molecule has 3 heteroatoms. The molecule has 1 saturated carbocycles. The highest BCUT2D eigenvalue weighted by Crippen LogP contribution is 2.41. The molecule has 0 atom stereocenters. The van der Waals surface area contributed by atoms with Crippen molar-refractivity contribution in [3.63, 3.8) is 0 Å². The van der Waals surface area contributed by atoms with E-state index in [0.717, 1.165) is 68.9 Å². The quantitative estimate of drug-likeness (QED) is 0.414. The van der Waals surface area contributed by atoms with Gasteiger partial charge in [0.2, 0.25) is 0 Å². The Kier molecular flexibility index (Phi) is 7.09. The van der Waals surface area contributed by atoms with Gasteiger partial charge in [0.1, 0.15) is 11.8 Å². The van der Waals surface area contributed by atoms with Gasteiger partial charge in [0.25, 0.3) is 0 Å². The van der Waals surface area contributed by atoms with Crippen LogP contribution >= 0.6 is 0 Å². The molecule has 2 aromatic carbocycles. The average Bonchev–Trinajstić information content (AvgIpc) is 2.78. The van der Waals surface area contributed by atoms with E-state index >= 15 is 0 Å². The van der Waals surface area contributed by atoms with Gasteiger partial charge in [-0.15, -0.1) is 0 Å². The highest BCUT2D eigenvalue weighted by molar-refractivity contribution is 5.85. The number of carbonyl (C=O) groups excluding carboxylic acids is 1. The fraction of sp³-hybridized carbons (Fsp3) is 0.462. The molecular weight excluding hydrogens is 358 g/mol. The number of nitriles is 1. The van der Waals surface area contributed by atoms with E-state index in [9.17, 15) is 10.1 Å². The van der Waals surface area contributed by atoms with E-state index in [0.29, 0.717) is 11.3 Å². The van der Waals surface area contributed by atoms with Crippen molar-refractivity contribution in [2.75, 3.05) is 0 Å². The number of aryl methyl sites for hydroxylation is 2. The molecule has 1 fully saturated rings. The molecule has 0 saturated heterocycles. The van der Waals surface area contributed by atoms with E-state index in [2.05, 4.69) is 44.2 Å². The fourth-order valence-electron chi connectivity index (χ4n) is 4.31. The molecule has 2 aromatic rings. The minimum Gasteiger partial charge on any atom is -0.424 e. The third kappa shape index (κ3) is 4.70. The Morgan fingerprint density at radius 1 is 1.03 bits per heavy atom. The van der Waals surface area contributed by atoms with Crippen molar-refractivity contribution in [2.45, 2.75) is 77.0 Å². The summed E-state index contributed by atoms with van der Waals surface area (Å²) in [4.78, 5) is 13.4. The summed E-state index contributed by atoms with van der Waals surface area (Å²) in [6.45, 7) is 4.28. The zero-order valence-corrected chi connectivity index (χ0v) is 17.7. The SMILES string of the molecule is CCCCc1ccc(OC(=O)C2(c3ccc(CC)cc3)CCCCC2)c(C#N)c1. The number of nitrogens with zero attached hydrogens (tertiary/aromatic N) is 1. The molecule has 29 heavy (non-hydrogen) atoms. The van der Waals surface area contributed by atoms with Gasteiger partial charge in [-0.3, -0.25) is 4.79 Å². The first-order valence-corrected chi connectivity index (χ1v) is 11.0. The maximum atomic E-state index is 13.4. The maximum absolute atomic E-state index is 13.4. The number of hydrogen-bond donors (Lipinski definition) is 0. The van der Waals surface area contributed by atoms with Crippen molar-refractivity contribution in [3.8, 4) is 11.8 Å². The molecular formula is C26H31NO2. The van der Waals surface area contributed by atoms with Crippen molar-refractivity contribution in [1.82, 2.24) is 0 Å². The maximum Gasteiger partial charge on any atom is 0.321 e. The number of unbranched alkanes of at least 4 members (excludes halogenated alkanes) is 1. The summed E-state index contributed by atoms with van der Waals surface area (Å²) in [7, 11) is 0. The largest absolute Gasteiger partial charge is 0.424 e. The van der Waals surface area contributed by atoms with Gasteiger partial charge in [-0.25, -0.2) is 0 Å². The molecule has 1 aliphatic carbocycles. The standard InChI is InChI=1S/C26H31NO2/c1-3-5-9-21-12-15-24(22(18-21)19-27)29-25(28)26(16-7-6-8-17-26)23-13-10-20(4-2)11-14-23/h10-15,18H,3-9,16-17H2,1-2H3. The Hall–Kier alpha value is -2.60. The summed E-state index contributed by atoms with van der Waals surface area (Å²) in [5.41, 5.74) is 3.25. The number of carbonyl (C=O) groups is 1. The second-order valence-corrected chi connectivity index (χ2v) is 8.13. The van der Waals surface area contributed by atoms with Crippen molar-refractivity contribution < 1.29 is 9.53 Å². The fourth-order valence-corrected chi connectivity index (χ4v) is 4.31. The van der Waals surface area contributed by atoms with Gasteiger partial charge >= 0.3 is 5.97 Å². The Labute approximate surface area is 174 Å². The second-order valence-electron chi connectivity index (χ2n) is 8.13. The predicted molar refractivity (Wildman–Crippen MR) is 116 cm³/mol. The van der Waals surface area contributed by atoms with Gasteiger partial charge in [-0.2, -0.15) is 5.26 Å². The van der Waals surface area contributed by atoms with E-state index in [1.54, 1.807) is 6.07 Å². The van der Waals surface area contributed by atoms with Gasteiger partial charge < -0.3 is 4.74 Å². The van der Waals surface area contributed by atoms with Crippen LogP contribution in [0.2, 0.25) is 0 Å². The van der Waals surface area contributed by atoms with Gasteiger partial charge in [0.05, 0.1) is 11.0 Å². The van der Waals surface area contributed by atoms with Crippen molar-refractivity contribution in [3.05, 3.63) is 64.7 Å². The van der Waals surface area contributed by atoms with E-state index in [4.69, 9.17) is 4.74 Å². The predicted octanol–water partition coefficient (Wildman–Crippen LogP) is 6.27. The summed E-state index contributed by atoms with van der Waals surface area (Å²) in [5.74, 6) is 0.159. The van der Waals surface area contributed by atoms with Gasteiger partial charge in [0, 0.05) is 0 Å². The van der Waals surface area contributed by atoms with Crippen LogP contribution in [0.4, 0.5) is 0 Å². The number of hydrogen-bond acceptors (Lipinski definition) is 3. The first kappa shape index (κ1) is 21.1. The molecule has 0 unspecified atom stereocenters. The highest BCUT2D eigenvalue weighted by Gasteiger charge is 2.43. The molecule has 0 bridgehead atoms. The lowest BCUT2D eigenvalue weighted by Gasteiger charge is -2.35. The minimum absolute atomic E-state index is 0.223. The van der Waals surface area contributed by atoms with Crippen LogP contribution in [0.25, 0.3) is 0 Å². The lowest BCUT2D eigenvalue weighted by molar-refractivity contribution is -0.142. The Balaban J connectivity index is 1.88. The summed E-state index contributed by atoms with van der Waals surface area (Å²) in [6.07, 6.45) is 8.90. The summed E-state index contributed by atoms with van der Waals surface area (Å²) in [6, 6.07) is 16.2. The Morgan fingerprint density at radius 2 is 1.72 bits per heavy atom. The van der Waals surface area contributed by atoms with E-state index < -0.39 is 5.41 Å². The summed E-state index contributed by atoms with van der Waals surface area (Å²) in [5, 5.41) is 9.59. The van der Waals surface area contributed by atoms with Crippen LogP contribution in [0.1, 0.15) is 81.0 Å². The zero-order valence-electron chi connectivity index (χ0n) is 17.7. The molecule has 0 radical (unpaired) electrons. The minimum atomic E-state index is -0.613. The van der Waals surface area contributed by atoms with Crippen molar-refractivity contribution in [2.24, 2.45) is 0 Å².